The van der Waals surface area contributed by atoms with Gasteiger partial charge in [-0.15, -0.1) is 11.6 Å². The molecule has 1 atom stereocenters. The smallest absolute Gasteiger partial charge is 0.358 e. The molecule has 0 bridgehead atoms. The SMILES string of the molecule is [CH2-]PC(=O)CCl.[CH3-].[V+2]. The average Bonchev–Trinajstić information content (AvgIpc) is 1.65. The topological polar surface area (TPSA) is 17.1 Å². The number of hydrogen-bond acceptors (Lipinski definition) is 1. The van der Waals surface area contributed by atoms with Crippen molar-refractivity contribution in [1.82, 2.24) is 0 Å². The molecule has 0 heterocycles. The quantitative estimate of drug-likeness (QED) is 0.367. The minimum absolute atomic E-state index is 0. The summed E-state index contributed by atoms with van der Waals surface area (Å²) < 4.78 is 0. The predicted octanol–water partition coefficient (Wildman–Crippen LogP) is 1.67. The van der Waals surface area contributed by atoms with Gasteiger partial charge in [-0.25, -0.2) is 8.58 Å². The van der Waals surface area contributed by atoms with Gasteiger partial charge in [0, 0.05) is 0 Å². The maximum atomic E-state index is 10.00. The first-order valence-electron chi connectivity index (χ1n) is 1.43. The van der Waals surface area contributed by atoms with E-state index in [4.69, 9.17) is 11.6 Å². The van der Waals surface area contributed by atoms with Crippen LogP contribution in [0.5, 0.6) is 0 Å². The van der Waals surface area contributed by atoms with Crippen LogP contribution in [-0.2, 0) is 23.4 Å². The van der Waals surface area contributed by atoms with Crippen molar-refractivity contribution in [2.24, 2.45) is 0 Å². The van der Waals surface area contributed by atoms with Gasteiger partial charge >= 0.3 is 18.6 Å². The third-order valence-corrected chi connectivity index (χ3v) is 1.36. The van der Waals surface area contributed by atoms with Crippen LogP contribution in [0.1, 0.15) is 0 Å². The molecule has 0 aromatic rings. The zero-order chi connectivity index (χ0) is 4.99. The van der Waals surface area contributed by atoms with Gasteiger partial charge in [-0.1, -0.05) is 0 Å². The standard InChI is InChI=1S/C3H5ClOP.CH3.V/c1-6-3(5)2-4;;/h6H,1-2H2;1H3;/q2*-1;+2. The van der Waals surface area contributed by atoms with Crippen molar-refractivity contribution in [3.8, 4) is 0 Å². The minimum Gasteiger partial charge on any atom is -0.358 e. The first-order valence-corrected chi connectivity index (χ1v) is 3.17. The van der Waals surface area contributed by atoms with E-state index in [1.165, 1.54) is 0 Å². The van der Waals surface area contributed by atoms with E-state index < -0.39 is 0 Å². The molecule has 0 amide bonds. The Bertz CT molecular complexity index is 54.0. The fourth-order valence-corrected chi connectivity index (χ4v) is 0.425. The summed E-state index contributed by atoms with van der Waals surface area (Å²) in [5.74, 6) is 0.113. The third kappa shape index (κ3) is 10.1. The molecule has 0 fully saturated rings. The van der Waals surface area contributed by atoms with E-state index in [1.807, 2.05) is 0 Å². The number of hydrogen-bond donors (Lipinski definition) is 0. The van der Waals surface area contributed by atoms with Crippen molar-refractivity contribution >= 4 is 25.7 Å². The molecular weight excluding hydrogens is 181 g/mol. The first-order chi connectivity index (χ1) is 2.81. The van der Waals surface area contributed by atoms with Crippen molar-refractivity contribution in [3.05, 3.63) is 14.1 Å². The number of rotatable bonds is 2. The molecule has 1 radical (unpaired) electrons. The molecular formula is C4H8ClOPV. The maximum absolute atomic E-state index is 10.00. The van der Waals surface area contributed by atoms with Gasteiger partial charge in [-0.3, -0.25) is 4.79 Å². The summed E-state index contributed by atoms with van der Waals surface area (Å²) in [6, 6.07) is 0. The van der Waals surface area contributed by atoms with Crippen molar-refractivity contribution in [2.45, 2.75) is 0 Å². The van der Waals surface area contributed by atoms with Crippen molar-refractivity contribution < 1.29 is 23.4 Å². The number of alkyl halides is 1. The van der Waals surface area contributed by atoms with E-state index in [-0.39, 0.29) is 46.0 Å². The van der Waals surface area contributed by atoms with E-state index in [1.54, 1.807) is 0 Å². The molecule has 0 rings (SSSR count). The average molecular weight is 189 g/mol. The van der Waals surface area contributed by atoms with Crippen LogP contribution >= 0.6 is 20.2 Å². The summed E-state index contributed by atoms with van der Waals surface area (Å²) in [6.45, 7) is 3.35. The molecule has 1 nitrogen and oxygen atoms in total. The van der Waals surface area contributed by atoms with Gasteiger partial charge in [0.2, 0.25) is 0 Å². The Balaban J connectivity index is -0.000000125. The molecule has 0 N–H and O–H groups in total. The molecule has 1 unspecified atom stereocenters. The second-order valence-corrected chi connectivity index (χ2v) is 1.91. The van der Waals surface area contributed by atoms with E-state index in [0.717, 1.165) is 0 Å². The van der Waals surface area contributed by atoms with Gasteiger partial charge < -0.3 is 14.1 Å². The minimum atomic E-state index is 0. The number of carbonyl (C=O) groups is 1. The molecule has 0 saturated heterocycles. The summed E-state index contributed by atoms with van der Waals surface area (Å²) >= 11 is 5.07. The van der Waals surface area contributed by atoms with Crippen LogP contribution in [0, 0.1) is 14.1 Å². The van der Waals surface area contributed by atoms with E-state index in [0.29, 0.717) is 0 Å². The van der Waals surface area contributed by atoms with Crippen molar-refractivity contribution in [3.63, 3.8) is 0 Å². The summed E-state index contributed by atoms with van der Waals surface area (Å²) in [5.41, 5.74) is 0.0247. The Morgan fingerprint density at radius 1 is 1.75 bits per heavy atom. The molecule has 0 aromatic carbocycles. The van der Waals surface area contributed by atoms with Crippen LogP contribution in [0.15, 0.2) is 0 Å². The number of carbonyl (C=O) groups excluding carboxylic acids is 1. The largest absolute Gasteiger partial charge is 2.00 e. The van der Waals surface area contributed by atoms with Crippen molar-refractivity contribution in [1.29, 1.82) is 0 Å². The summed E-state index contributed by atoms with van der Waals surface area (Å²) in [4.78, 5) is 10.00. The zero-order valence-electron chi connectivity index (χ0n) is 4.65. The Morgan fingerprint density at radius 3 is 2.12 bits per heavy atom. The van der Waals surface area contributed by atoms with E-state index >= 15 is 0 Å². The van der Waals surface area contributed by atoms with Crippen molar-refractivity contribution in [2.75, 3.05) is 5.88 Å². The molecule has 0 aliphatic rings. The zero-order valence-corrected chi connectivity index (χ0v) is 7.80. The molecule has 4 heteroatoms. The predicted molar refractivity (Wildman–Crippen MR) is 35.8 cm³/mol. The van der Waals surface area contributed by atoms with Crippen LogP contribution in [0.25, 0.3) is 0 Å². The molecule has 47 valence electrons. The fourth-order valence-electron chi connectivity index (χ4n) is 0.0472. The maximum Gasteiger partial charge on any atom is 2.00 e. The van der Waals surface area contributed by atoms with Gasteiger partial charge in [-0.05, 0) is 0 Å². The monoisotopic (exact) mass is 189 g/mol. The second-order valence-electron chi connectivity index (χ2n) is 0.734. The summed E-state index contributed by atoms with van der Waals surface area (Å²) in [6.07, 6.45) is 0. The Labute approximate surface area is 69.2 Å². The third-order valence-electron chi connectivity index (χ3n) is 0.319. The van der Waals surface area contributed by atoms with Crippen LogP contribution < -0.4 is 0 Å². The molecule has 0 aromatic heterocycles. The summed E-state index contributed by atoms with van der Waals surface area (Å²) in [7, 11) is 0.111. The second kappa shape index (κ2) is 10.9. The Kier molecular flexibility index (Phi) is 21.7. The van der Waals surface area contributed by atoms with Gasteiger partial charge in [-0.2, -0.15) is 0 Å². The van der Waals surface area contributed by atoms with Gasteiger partial charge in [0.05, 0.1) is 5.88 Å². The fraction of sp³-hybridized carbons (Fsp3) is 0.250. The van der Waals surface area contributed by atoms with E-state index in [9.17, 15) is 4.79 Å². The van der Waals surface area contributed by atoms with Crippen LogP contribution in [-0.4, -0.2) is 11.4 Å². The van der Waals surface area contributed by atoms with Gasteiger partial charge in [0.1, 0.15) is 5.52 Å². The molecule has 0 spiro atoms. The Hall–Kier alpha value is 0.974. The molecule has 0 aliphatic carbocycles. The van der Waals surface area contributed by atoms with Gasteiger partial charge in [0.15, 0.2) is 0 Å². The molecule has 0 saturated carbocycles. The van der Waals surface area contributed by atoms with E-state index in [2.05, 4.69) is 6.66 Å². The normalized spacial score (nSPS) is 7.75. The molecule has 0 aliphatic heterocycles. The Morgan fingerprint density at radius 2 is 2.12 bits per heavy atom. The summed E-state index contributed by atoms with van der Waals surface area (Å²) in [5, 5.41) is 0. The number of halogens is 1. The first kappa shape index (κ1) is 16.0. The van der Waals surface area contributed by atoms with Crippen LogP contribution in [0.3, 0.4) is 0 Å². The molecule has 8 heavy (non-hydrogen) atoms. The van der Waals surface area contributed by atoms with Crippen LogP contribution in [0.4, 0.5) is 0 Å². The van der Waals surface area contributed by atoms with Crippen LogP contribution in [0.2, 0.25) is 0 Å². The van der Waals surface area contributed by atoms with Gasteiger partial charge in [0.25, 0.3) is 0 Å².